The highest BCUT2D eigenvalue weighted by atomic mass is 19.4. The van der Waals surface area contributed by atoms with Gasteiger partial charge in [0.05, 0.1) is 23.2 Å². The van der Waals surface area contributed by atoms with Gasteiger partial charge in [-0.3, -0.25) is 4.98 Å². The molecule has 1 fully saturated rings. The van der Waals surface area contributed by atoms with Crippen molar-refractivity contribution in [2.24, 2.45) is 0 Å². The largest absolute Gasteiger partial charge is 0.416 e. The van der Waals surface area contributed by atoms with E-state index in [1.165, 1.54) is 12.3 Å². The summed E-state index contributed by atoms with van der Waals surface area (Å²) in [6, 6.07) is 5.32. The van der Waals surface area contributed by atoms with E-state index in [0.29, 0.717) is 23.9 Å². The Morgan fingerprint density at radius 2 is 2.05 bits per heavy atom. The molecule has 0 spiro atoms. The van der Waals surface area contributed by atoms with E-state index in [2.05, 4.69) is 4.98 Å². The van der Waals surface area contributed by atoms with Crippen molar-refractivity contribution >= 4 is 16.6 Å². The van der Waals surface area contributed by atoms with Crippen LogP contribution in [-0.4, -0.2) is 28.8 Å². The average Bonchev–Trinajstić information content (AvgIpc) is 2.77. The molecule has 0 radical (unpaired) electrons. The van der Waals surface area contributed by atoms with Crippen LogP contribution in [0.25, 0.3) is 10.9 Å². The van der Waals surface area contributed by atoms with Crippen LogP contribution in [0.3, 0.4) is 0 Å². The van der Waals surface area contributed by atoms with Crippen molar-refractivity contribution in [1.82, 2.24) is 4.98 Å². The topological polar surface area (TPSA) is 36.4 Å². The lowest BCUT2D eigenvalue weighted by Gasteiger charge is -2.26. The third-order valence-corrected chi connectivity index (χ3v) is 4.07. The first-order chi connectivity index (χ1) is 9.88. The van der Waals surface area contributed by atoms with E-state index in [1.807, 2.05) is 11.8 Å². The quantitative estimate of drug-likeness (QED) is 0.878. The Kier molecular flexibility index (Phi) is 3.28. The summed E-state index contributed by atoms with van der Waals surface area (Å²) < 4.78 is 38.3. The Bertz CT molecular complexity index is 672. The predicted molar refractivity (Wildman–Crippen MR) is 74.2 cm³/mol. The first-order valence-electron chi connectivity index (χ1n) is 6.78. The number of alkyl halides is 3. The molecule has 3 rings (SSSR count). The Morgan fingerprint density at radius 1 is 1.29 bits per heavy atom. The predicted octanol–water partition coefficient (Wildman–Crippen LogP) is 3.21. The molecule has 1 aromatic carbocycles. The van der Waals surface area contributed by atoms with Crippen LogP contribution in [0.5, 0.6) is 0 Å². The Labute approximate surface area is 120 Å². The summed E-state index contributed by atoms with van der Waals surface area (Å²) in [5.41, 5.74) is 0.433. The van der Waals surface area contributed by atoms with Crippen LogP contribution in [0, 0.1) is 0 Å². The number of aromatic nitrogens is 1. The highest BCUT2D eigenvalue weighted by Gasteiger charge is 2.32. The molecule has 0 aliphatic carbocycles. The van der Waals surface area contributed by atoms with Gasteiger partial charge in [0, 0.05) is 23.8 Å². The zero-order valence-electron chi connectivity index (χ0n) is 11.4. The second-order valence-corrected chi connectivity index (χ2v) is 5.35. The first kappa shape index (κ1) is 14.1. The molecular formula is C15H15F3N2O. The number of nitrogens with zero attached hydrogens (tertiary/aromatic N) is 2. The summed E-state index contributed by atoms with van der Waals surface area (Å²) in [6.07, 6.45) is -2.62. The van der Waals surface area contributed by atoms with Crippen molar-refractivity contribution in [2.75, 3.05) is 11.4 Å². The Balaban J connectivity index is 2.09. The van der Waals surface area contributed by atoms with E-state index in [9.17, 15) is 18.3 Å². The lowest BCUT2D eigenvalue weighted by Crippen LogP contribution is -2.32. The minimum Gasteiger partial charge on any atom is -0.391 e. The van der Waals surface area contributed by atoms with Gasteiger partial charge < -0.3 is 10.0 Å². The van der Waals surface area contributed by atoms with E-state index >= 15 is 0 Å². The van der Waals surface area contributed by atoms with Crippen molar-refractivity contribution in [2.45, 2.75) is 31.7 Å². The molecule has 112 valence electrons. The van der Waals surface area contributed by atoms with Gasteiger partial charge in [0.25, 0.3) is 0 Å². The third-order valence-electron chi connectivity index (χ3n) is 4.07. The fourth-order valence-electron chi connectivity index (χ4n) is 2.82. The molecule has 6 heteroatoms. The van der Waals surface area contributed by atoms with Gasteiger partial charge in [-0.15, -0.1) is 0 Å². The summed E-state index contributed by atoms with van der Waals surface area (Å²) in [7, 11) is 0. The normalized spacial score (nSPS) is 23.0. The maximum atomic E-state index is 12.8. The minimum atomic E-state index is -4.37. The molecule has 2 heterocycles. The molecule has 21 heavy (non-hydrogen) atoms. The van der Waals surface area contributed by atoms with Gasteiger partial charge in [0.2, 0.25) is 0 Å². The molecule has 1 saturated heterocycles. The zero-order chi connectivity index (χ0) is 15.2. The summed E-state index contributed by atoms with van der Waals surface area (Å²) in [4.78, 5) is 6.06. The van der Waals surface area contributed by atoms with Gasteiger partial charge in [-0.25, -0.2) is 0 Å². The molecule has 3 nitrogen and oxygen atoms in total. The number of rotatable bonds is 1. The minimum absolute atomic E-state index is 0.0575. The lowest BCUT2D eigenvalue weighted by molar-refractivity contribution is -0.137. The molecule has 0 saturated carbocycles. The van der Waals surface area contributed by atoms with Crippen LogP contribution in [-0.2, 0) is 6.18 Å². The van der Waals surface area contributed by atoms with Gasteiger partial charge in [-0.05, 0) is 31.5 Å². The first-order valence-corrected chi connectivity index (χ1v) is 6.78. The van der Waals surface area contributed by atoms with Crippen LogP contribution in [0.4, 0.5) is 18.9 Å². The van der Waals surface area contributed by atoms with E-state index in [4.69, 9.17) is 0 Å². The Hall–Kier alpha value is -1.82. The second-order valence-electron chi connectivity index (χ2n) is 5.35. The molecule has 0 amide bonds. The van der Waals surface area contributed by atoms with Crippen molar-refractivity contribution in [3.63, 3.8) is 0 Å². The van der Waals surface area contributed by atoms with Gasteiger partial charge in [0.1, 0.15) is 0 Å². The number of halogens is 3. The van der Waals surface area contributed by atoms with Crippen LogP contribution in [0.2, 0.25) is 0 Å². The molecule has 2 aromatic rings. The van der Waals surface area contributed by atoms with Crippen molar-refractivity contribution in [3.05, 3.63) is 36.0 Å². The fraction of sp³-hybridized carbons (Fsp3) is 0.400. The number of aliphatic hydroxyl groups is 1. The number of hydrogen-bond donors (Lipinski definition) is 1. The number of benzene rings is 1. The molecular weight excluding hydrogens is 281 g/mol. The Morgan fingerprint density at radius 3 is 2.67 bits per heavy atom. The van der Waals surface area contributed by atoms with Crippen LogP contribution in [0.1, 0.15) is 18.9 Å². The molecule has 2 atom stereocenters. The maximum Gasteiger partial charge on any atom is 0.416 e. The van der Waals surface area contributed by atoms with Crippen LogP contribution in [0.15, 0.2) is 30.5 Å². The molecule has 1 N–H and O–H groups in total. The SMILES string of the molecule is C[C@H]1[C@@H](O)CCN1c1ccnc2cc(C(F)(F)F)ccc12. The van der Waals surface area contributed by atoms with Gasteiger partial charge in [0.15, 0.2) is 0 Å². The number of anilines is 1. The lowest BCUT2D eigenvalue weighted by atomic mass is 10.1. The highest BCUT2D eigenvalue weighted by molar-refractivity contribution is 5.92. The van der Waals surface area contributed by atoms with Crippen molar-refractivity contribution in [1.29, 1.82) is 0 Å². The number of aliphatic hydroxyl groups excluding tert-OH is 1. The third kappa shape index (κ3) is 2.44. The monoisotopic (exact) mass is 296 g/mol. The van der Waals surface area contributed by atoms with Crippen molar-refractivity contribution < 1.29 is 18.3 Å². The standard InChI is InChI=1S/C15H15F3N2O/c1-9-14(21)5-7-20(9)13-4-6-19-12-8-10(15(16,17)18)2-3-11(12)13/h2-4,6,8-9,14,21H,5,7H2,1H3/t9-,14-/m0/s1. The number of pyridine rings is 1. The summed E-state index contributed by atoms with van der Waals surface area (Å²) >= 11 is 0. The molecule has 0 unspecified atom stereocenters. The smallest absolute Gasteiger partial charge is 0.391 e. The fourth-order valence-corrected chi connectivity index (χ4v) is 2.82. The second kappa shape index (κ2) is 4.87. The summed E-state index contributed by atoms with van der Waals surface area (Å²) in [6.45, 7) is 2.59. The van der Waals surface area contributed by atoms with E-state index in [-0.39, 0.29) is 6.04 Å². The highest BCUT2D eigenvalue weighted by Crippen LogP contribution is 2.35. The maximum absolute atomic E-state index is 12.8. The molecule has 0 bridgehead atoms. The molecule has 1 aromatic heterocycles. The van der Waals surface area contributed by atoms with Gasteiger partial charge in [-0.1, -0.05) is 6.07 Å². The van der Waals surface area contributed by atoms with Gasteiger partial charge >= 0.3 is 6.18 Å². The average molecular weight is 296 g/mol. The zero-order valence-corrected chi connectivity index (χ0v) is 11.4. The molecule has 1 aliphatic rings. The van der Waals surface area contributed by atoms with Crippen molar-refractivity contribution in [3.8, 4) is 0 Å². The van der Waals surface area contributed by atoms with Crippen LogP contribution >= 0.6 is 0 Å². The van der Waals surface area contributed by atoms with Gasteiger partial charge in [-0.2, -0.15) is 13.2 Å². The van der Waals surface area contributed by atoms with E-state index < -0.39 is 17.8 Å². The number of fused-ring (bicyclic) bond motifs is 1. The van der Waals surface area contributed by atoms with E-state index in [1.54, 1.807) is 6.07 Å². The molecule has 1 aliphatic heterocycles. The summed E-state index contributed by atoms with van der Waals surface area (Å²) in [5, 5.41) is 10.5. The van der Waals surface area contributed by atoms with Crippen LogP contribution < -0.4 is 4.90 Å². The van der Waals surface area contributed by atoms with E-state index in [0.717, 1.165) is 17.8 Å². The number of hydrogen-bond acceptors (Lipinski definition) is 3. The summed E-state index contributed by atoms with van der Waals surface area (Å²) in [5.74, 6) is 0.